The zero-order valence-electron chi connectivity index (χ0n) is 11.3. The molecule has 0 aliphatic rings. The molecule has 20 heavy (non-hydrogen) atoms. The van der Waals surface area contributed by atoms with E-state index in [0.717, 1.165) is 22.3 Å². The number of fused-ring (bicyclic) bond motifs is 1. The summed E-state index contributed by atoms with van der Waals surface area (Å²) in [6.07, 6.45) is 1.74. The molecule has 0 bridgehead atoms. The number of benzene rings is 1. The van der Waals surface area contributed by atoms with Gasteiger partial charge in [-0.3, -0.25) is 9.55 Å². The Morgan fingerprint density at radius 1 is 1.20 bits per heavy atom. The minimum absolute atomic E-state index is 0.307. The van der Waals surface area contributed by atoms with Crippen LogP contribution < -0.4 is 11.0 Å². The molecule has 0 saturated heterocycles. The van der Waals surface area contributed by atoms with E-state index in [4.69, 9.17) is 0 Å². The monoisotopic (exact) mass is 266 g/mol. The van der Waals surface area contributed by atoms with Crippen molar-refractivity contribution >= 4 is 16.7 Å². The van der Waals surface area contributed by atoms with Crippen molar-refractivity contribution in [3.05, 3.63) is 58.8 Å². The van der Waals surface area contributed by atoms with E-state index in [0.29, 0.717) is 5.82 Å². The van der Waals surface area contributed by atoms with E-state index in [9.17, 15) is 4.79 Å². The Morgan fingerprint density at radius 3 is 2.65 bits per heavy atom. The van der Waals surface area contributed by atoms with Crippen molar-refractivity contribution in [1.82, 2.24) is 14.5 Å². The van der Waals surface area contributed by atoms with E-state index in [-0.39, 0.29) is 5.69 Å². The first kappa shape index (κ1) is 12.3. The van der Waals surface area contributed by atoms with E-state index in [1.807, 2.05) is 43.3 Å². The van der Waals surface area contributed by atoms with Gasteiger partial charge in [-0.15, -0.1) is 0 Å². The molecular weight excluding hydrogens is 252 g/mol. The summed E-state index contributed by atoms with van der Waals surface area (Å²) in [5.74, 6) is 0.546. The van der Waals surface area contributed by atoms with Crippen LogP contribution >= 0.6 is 0 Å². The summed E-state index contributed by atoms with van der Waals surface area (Å²) in [5, 5.41) is 3.77. The number of aryl methyl sites for hydroxylation is 1. The lowest BCUT2D eigenvalue weighted by Gasteiger charge is -2.12. The average Bonchev–Trinajstić information content (AvgIpc) is 2.47. The molecule has 1 N–H and O–H groups in total. The fraction of sp³-hybridized carbons (Fsp3) is 0.133. The number of anilines is 1. The molecule has 3 rings (SSSR count). The average molecular weight is 266 g/mol. The Bertz CT molecular complexity index is 824. The van der Waals surface area contributed by atoms with Gasteiger partial charge in [0, 0.05) is 18.9 Å². The summed E-state index contributed by atoms with van der Waals surface area (Å²) >= 11 is 0. The minimum Gasteiger partial charge on any atom is -0.372 e. The maximum Gasteiger partial charge on any atom is 0.354 e. The molecule has 0 spiro atoms. The second kappa shape index (κ2) is 4.77. The normalized spacial score (nSPS) is 10.7. The van der Waals surface area contributed by atoms with Crippen molar-refractivity contribution in [2.24, 2.45) is 0 Å². The molecule has 5 nitrogen and oxygen atoms in total. The zero-order valence-corrected chi connectivity index (χ0v) is 11.3. The molecule has 2 heterocycles. The molecule has 0 aliphatic heterocycles. The molecule has 3 aromatic rings. The van der Waals surface area contributed by atoms with Crippen LogP contribution in [0.15, 0.2) is 47.4 Å². The van der Waals surface area contributed by atoms with Crippen LogP contribution in [0.1, 0.15) is 5.69 Å². The number of pyridine rings is 1. The lowest BCUT2D eigenvalue weighted by Crippen LogP contribution is -2.23. The molecule has 0 unspecified atom stereocenters. The van der Waals surface area contributed by atoms with Crippen LogP contribution in [0.25, 0.3) is 16.6 Å². The van der Waals surface area contributed by atoms with Gasteiger partial charge in [0.15, 0.2) is 0 Å². The van der Waals surface area contributed by atoms with Crippen LogP contribution in [0.2, 0.25) is 0 Å². The van der Waals surface area contributed by atoms with Gasteiger partial charge in [-0.25, -0.2) is 4.79 Å². The van der Waals surface area contributed by atoms with Gasteiger partial charge in [-0.05, 0) is 25.1 Å². The molecular formula is C15H14N4O. The fourth-order valence-corrected chi connectivity index (χ4v) is 2.24. The number of hydrogen-bond acceptors (Lipinski definition) is 4. The van der Waals surface area contributed by atoms with Gasteiger partial charge in [0.25, 0.3) is 0 Å². The minimum atomic E-state index is -0.307. The van der Waals surface area contributed by atoms with E-state index in [1.54, 1.807) is 17.8 Å². The van der Waals surface area contributed by atoms with Crippen LogP contribution in [-0.2, 0) is 0 Å². The summed E-state index contributed by atoms with van der Waals surface area (Å²) in [4.78, 5) is 20.7. The third-order valence-electron chi connectivity index (χ3n) is 3.16. The number of nitrogens with one attached hydrogen (secondary N) is 1. The van der Waals surface area contributed by atoms with Gasteiger partial charge in [0.05, 0.1) is 16.6 Å². The number of aromatic nitrogens is 3. The Labute approximate surface area is 115 Å². The number of para-hydroxylation sites is 1. The summed E-state index contributed by atoms with van der Waals surface area (Å²) in [5.41, 5.74) is 2.14. The Balaban J connectivity index is 2.46. The third kappa shape index (κ3) is 1.93. The van der Waals surface area contributed by atoms with Crippen molar-refractivity contribution in [2.75, 3.05) is 12.4 Å². The van der Waals surface area contributed by atoms with Gasteiger partial charge in [0.1, 0.15) is 5.82 Å². The van der Waals surface area contributed by atoms with E-state index >= 15 is 0 Å². The van der Waals surface area contributed by atoms with Gasteiger partial charge in [0.2, 0.25) is 0 Å². The largest absolute Gasteiger partial charge is 0.372 e. The van der Waals surface area contributed by atoms with E-state index in [2.05, 4.69) is 15.3 Å². The summed E-state index contributed by atoms with van der Waals surface area (Å²) in [7, 11) is 1.74. The summed E-state index contributed by atoms with van der Waals surface area (Å²) < 4.78 is 1.60. The lowest BCUT2D eigenvalue weighted by atomic mass is 10.2. The fourth-order valence-electron chi connectivity index (χ4n) is 2.24. The van der Waals surface area contributed by atoms with Gasteiger partial charge in [-0.2, -0.15) is 4.98 Å². The van der Waals surface area contributed by atoms with Crippen molar-refractivity contribution in [3.63, 3.8) is 0 Å². The third-order valence-corrected chi connectivity index (χ3v) is 3.16. The maximum absolute atomic E-state index is 12.3. The van der Waals surface area contributed by atoms with Crippen molar-refractivity contribution < 1.29 is 0 Å². The lowest BCUT2D eigenvalue weighted by molar-refractivity contribution is 0.956. The first-order chi connectivity index (χ1) is 9.70. The number of rotatable bonds is 2. The molecule has 0 aliphatic carbocycles. The first-order valence-corrected chi connectivity index (χ1v) is 6.33. The molecule has 0 fully saturated rings. The smallest absolute Gasteiger partial charge is 0.354 e. The van der Waals surface area contributed by atoms with Crippen LogP contribution in [0.3, 0.4) is 0 Å². The van der Waals surface area contributed by atoms with Crippen molar-refractivity contribution in [3.8, 4) is 5.69 Å². The zero-order chi connectivity index (χ0) is 14.1. The molecule has 100 valence electrons. The quantitative estimate of drug-likeness (QED) is 0.772. The van der Waals surface area contributed by atoms with Crippen molar-refractivity contribution in [1.29, 1.82) is 0 Å². The first-order valence-electron chi connectivity index (χ1n) is 6.33. The topological polar surface area (TPSA) is 59.8 Å². The standard InChI is InChI=1S/C15H14N4O/c1-10-8-13-12(9-17-10)14(16-2)18-15(20)19(13)11-6-4-3-5-7-11/h3-9H,1-2H3,(H,16,18,20). The molecule has 5 heteroatoms. The van der Waals surface area contributed by atoms with Crippen LogP contribution in [0.4, 0.5) is 5.82 Å². The van der Waals surface area contributed by atoms with Crippen LogP contribution in [0, 0.1) is 6.92 Å². The summed E-state index contributed by atoms with van der Waals surface area (Å²) in [6.45, 7) is 1.90. The molecule has 0 radical (unpaired) electrons. The molecule has 0 saturated carbocycles. The molecule has 0 amide bonds. The predicted octanol–water partition coefficient (Wildman–Crippen LogP) is 2.13. The predicted molar refractivity (Wildman–Crippen MR) is 79.4 cm³/mol. The number of nitrogens with zero attached hydrogens (tertiary/aromatic N) is 3. The maximum atomic E-state index is 12.3. The highest BCUT2D eigenvalue weighted by atomic mass is 16.1. The van der Waals surface area contributed by atoms with Crippen molar-refractivity contribution in [2.45, 2.75) is 6.92 Å². The van der Waals surface area contributed by atoms with E-state index < -0.39 is 0 Å². The van der Waals surface area contributed by atoms with Gasteiger partial charge < -0.3 is 5.32 Å². The Hall–Kier alpha value is -2.69. The molecule has 2 aromatic heterocycles. The highest BCUT2D eigenvalue weighted by Gasteiger charge is 2.11. The molecule has 0 atom stereocenters. The highest BCUT2D eigenvalue weighted by Crippen LogP contribution is 2.21. The number of hydrogen-bond donors (Lipinski definition) is 1. The van der Waals surface area contributed by atoms with Gasteiger partial charge in [-0.1, -0.05) is 18.2 Å². The highest BCUT2D eigenvalue weighted by molar-refractivity contribution is 5.89. The van der Waals surface area contributed by atoms with Crippen LogP contribution in [0.5, 0.6) is 0 Å². The van der Waals surface area contributed by atoms with Crippen LogP contribution in [-0.4, -0.2) is 21.6 Å². The Morgan fingerprint density at radius 2 is 1.95 bits per heavy atom. The second-order valence-electron chi connectivity index (χ2n) is 4.51. The molecule has 1 aromatic carbocycles. The van der Waals surface area contributed by atoms with E-state index in [1.165, 1.54) is 0 Å². The second-order valence-corrected chi connectivity index (χ2v) is 4.51. The Kier molecular flexibility index (Phi) is 2.95. The van der Waals surface area contributed by atoms with Gasteiger partial charge >= 0.3 is 5.69 Å². The SMILES string of the molecule is CNc1nc(=O)n(-c2ccccc2)c2cc(C)ncc12. The summed E-state index contributed by atoms with van der Waals surface area (Å²) in [6, 6.07) is 11.4.